The van der Waals surface area contributed by atoms with Crippen LogP contribution in [0.2, 0.25) is 0 Å². The minimum absolute atomic E-state index is 0.0296. The van der Waals surface area contributed by atoms with Gasteiger partial charge in [-0.25, -0.2) is 0 Å². The molecule has 3 rings (SSSR count). The molecule has 0 radical (unpaired) electrons. The Balaban J connectivity index is 1.62. The van der Waals surface area contributed by atoms with Gasteiger partial charge in [-0.05, 0) is 50.1 Å². The van der Waals surface area contributed by atoms with E-state index in [9.17, 15) is 9.59 Å². The van der Waals surface area contributed by atoms with Crippen molar-refractivity contribution in [2.75, 3.05) is 27.3 Å². The van der Waals surface area contributed by atoms with Gasteiger partial charge in [-0.1, -0.05) is 17.7 Å². The third-order valence-electron chi connectivity index (χ3n) is 5.27. The van der Waals surface area contributed by atoms with Gasteiger partial charge in [-0.2, -0.15) is 0 Å². The average molecular weight is 396 g/mol. The lowest BCUT2D eigenvalue weighted by Crippen LogP contribution is -2.34. The first-order valence-corrected chi connectivity index (χ1v) is 9.89. The van der Waals surface area contributed by atoms with Crippen LogP contribution in [-0.2, 0) is 4.79 Å². The van der Waals surface area contributed by atoms with Crippen LogP contribution in [-0.4, -0.2) is 44.0 Å². The Kier molecular flexibility index (Phi) is 6.75. The van der Waals surface area contributed by atoms with Gasteiger partial charge >= 0.3 is 0 Å². The number of hydrogen-bond acceptors (Lipinski definition) is 4. The number of carbonyl (C=O) groups is 2. The van der Waals surface area contributed by atoms with E-state index in [0.717, 1.165) is 35.5 Å². The Morgan fingerprint density at radius 1 is 1.14 bits per heavy atom. The van der Waals surface area contributed by atoms with E-state index < -0.39 is 0 Å². The van der Waals surface area contributed by atoms with E-state index in [1.807, 2.05) is 48.2 Å². The van der Waals surface area contributed by atoms with Gasteiger partial charge in [0.2, 0.25) is 5.91 Å². The van der Waals surface area contributed by atoms with Gasteiger partial charge < -0.3 is 19.7 Å². The van der Waals surface area contributed by atoms with E-state index in [4.69, 9.17) is 9.47 Å². The van der Waals surface area contributed by atoms with E-state index in [1.54, 1.807) is 20.3 Å². The molecule has 0 spiro atoms. The Morgan fingerprint density at radius 2 is 1.97 bits per heavy atom. The number of amides is 2. The smallest absolute Gasteiger partial charge is 0.251 e. The van der Waals surface area contributed by atoms with Crippen molar-refractivity contribution in [3.05, 3.63) is 59.2 Å². The van der Waals surface area contributed by atoms with Crippen molar-refractivity contribution in [3.8, 4) is 11.5 Å². The topological polar surface area (TPSA) is 67.9 Å². The SMILES string of the molecule is COc1ccc(OC)c(C2CCCN2C(=O)CCNC(=O)c2cccc(C)c2)c1. The van der Waals surface area contributed by atoms with Crippen molar-refractivity contribution in [2.24, 2.45) is 0 Å². The number of ether oxygens (including phenoxy) is 2. The number of nitrogens with zero attached hydrogens (tertiary/aromatic N) is 1. The Labute approximate surface area is 171 Å². The number of likely N-dealkylation sites (tertiary alicyclic amines) is 1. The molecule has 6 nitrogen and oxygen atoms in total. The first kappa shape index (κ1) is 20.7. The fourth-order valence-corrected chi connectivity index (χ4v) is 3.80. The maximum absolute atomic E-state index is 12.9. The van der Waals surface area contributed by atoms with E-state index in [1.165, 1.54) is 0 Å². The minimum Gasteiger partial charge on any atom is -0.497 e. The maximum Gasteiger partial charge on any atom is 0.251 e. The summed E-state index contributed by atoms with van der Waals surface area (Å²) in [5.74, 6) is 1.37. The second-order valence-corrected chi connectivity index (χ2v) is 7.23. The molecule has 0 bridgehead atoms. The van der Waals surface area contributed by atoms with E-state index in [2.05, 4.69) is 5.32 Å². The molecule has 1 aliphatic rings. The molecule has 1 aliphatic heterocycles. The number of carbonyl (C=O) groups excluding carboxylic acids is 2. The van der Waals surface area contributed by atoms with Gasteiger partial charge in [0.1, 0.15) is 11.5 Å². The molecule has 154 valence electrons. The zero-order valence-electron chi connectivity index (χ0n) is 17.2. The van der Waals surface area contributed by atoms with Crippen LogP contribution < -0.4 is 14.8 Å². The summed E-state index contributed by atoms with van der Waals surface area (Å²) in [5.41, 5.74) is 2.60. The molecule has 2 aromatic carbocycles. The molecule has 2 aromatic rings. The third-order valence-corrected chi connectivity index (χ3v) is 5.27. The lowest BCUT2D eigenvalue weighted by atomic mass is 10.0. The number of benzene rings is 2. The van der Waals surface area contributed by atoms with E-state index in [-0.39, 0.29) is 24.3 Å². The summed E-state index contributed by atoms with van der Waals surface area (Å²) in [6.07, 6.45) is 2.08. The zero-order valence-corrected chi connectivity index (χ0v) is 17.2. The second-order valence-electron chi connectivity index (χ2n) is 7.23. The van der Waals surface area contributed by atoms with E-state index in [0.29, 0.717) is 18.7 Å². The van der Waals surface area contributed by atoms with Crippen molar-refractivity contribution in [3.63, 3.8) is 0 Å². The molecule has 1 unspecified atom stereocenters. The highest BCUT2D eigenvalue weighted by atomic mass is 16.5. The Hall–Kier alpha value is -3.02. The molecular formula is C23H28N2O4. The fraction of sp³-hybridized carbons (Fsp3) is 0.391. The van der Waals surface area contributed by atoms with Gasteiger partial charge in [0.05, 0.1) is 20.3 Å². The fourth-order valence-electron chi connectivity index (χ4n) is 3.80. The third kappa shape index (κ3) is 4.88. The summed E-state index contributed by atoms with van der Waals surface area (Å²) in [4.78, 5) is 27.0. The molecule has 1 N–H and O–H groups in total. The highest BCUT2D eigenvalue weighted by Gasteiger charge is 2.31. The summed E-state index contributed by atoms with van der Waals surface area (Å²) >= 11 is 0. The standard InChI is InChI=1S/C23H28N2O4/c1-16-6-4-7-17(14-16)23(27)24-12-11-22(26)25-13-5-8-20(25)19-15-18(28-2)9-10-21(19)29-3/h4,6-7,9-10,14-15,20H,5,8,11-13H2,1-3H3,(H,24,27). The lowest BCUT2D eigenvalue weighted by Gasteiger charge is -2.27. The van der Waals surface area contributed by atoms with Crippen LogP contribution >= 0.6 is 0 Å². The van der Waals surface area contributed by atoms with Crippen LogP contribution in [0, 0.1) is 6.92 Å². The quantitative estimate of drug-likeness (QED) is 0.778. The molecule has 29 heavy (non-hydrogen) atoms. The molecule has 1 saturated heterocycles. The van der Waals surface area contributed by atoms with Crippen molar-refractivity contribution < 1.29 is 19.1 Å². The van der Waals surface area contributed by atoms with Crippen molar-refractivity contribution >= 4 is 11.8 Å². The summed E-state index contributed by atoms with van der Waals surface area (Å²) < 4.78 is 10.9. The van der Waals surface area contributed by atoms with Gasteiger partial charge in [0.15, 0.2) is 0 Å². The number of nitrogens with one attached hydrogen (secondary N) is 1. The molecule has 1 fully saturated rings. The molecule has 0 aliphatic carbocycles. The van der Waals surface area contributed by atoms with Crippen LogP contribution in [0.4, 0.5) is 0 Å². The van der Waals surface area contributed by atoms with Gasteiger partial charge in [0, 0.05) is 30.6 Å². The first-order chi connectivity index (χ1) is 14.0. The average Bonchev–Trinajstić information content (AvgIpc) is 3.23. The number of aryl methyl sites for hydroxylation is 1. The van der Waals surface area contributed by atoms with Crippen LogP contribution in [0.15, 0.2) is 42.5 Å². The molecule has 6 heteroatoms. The number of hydrogen-bond donors (Lipinski definition) is 1. The predicted octanol–water partition coefficient (Wildman–Crippen LogP) is 3.50. The number of rotatable bonds is 7. The van der Waals surface area contributed by atoms with Crippen molar-refractivity contribution in [2.45, 2.75) is 32.2 Å². The van der Waals surface area contributed by atoms with Gasteiger partial charge in [-0.3, -0.25) is 9.59 Å². The van der Waals surface area contributed by atoms with Gasteiger partial charge in [0.25, 0.3) is 5.91 Å². The summed E-state index contributed by atoms with van der Waals surface area (Å²) in [5, 5.41) is 2.84. The molecule has 0 aromatic heterocycles. The Bertz CT molecular complexity index is 881. The molecule has 0 saturated carbocycles. The highest BCUT2D eigenvalue weighted by Crippen LogP contribution is 2.39. The van der Waals surface area contributed by atoms with Crippen molar-refractivity contribution in [1.82, 2.24) is 10.2 Å². The summed E-state index contributed by atoms with van der Waals surface area (Å²) in [7, 11) is 3.26. The molecule has 1 atom stereocenters. The lowest BCUT2D eigenvalue weighted by molar-refractivity contribution is -0.132. The maximum atomic E-state index is 12.9. The monoisotopic (exact) mass is 396 g/mol. The van der Waals surface area contributed by atoms with Crippen LogP contribution in [0.3, 0.4) is 0 Å². The normalized spacial score (nSPS) is 15.8. The molecule has 1 heterocycles. The molecule has 2 amide bonds. The molecular weight excluding hydrogens is 368 g/mol. The van der Waals surface area contributed by atoms with Crippen molar-refractivity contribution in [1.29, 1.82) is 0 Å². The predicted molar refractivity (Wildman–Crippen MR) is 111 cm³/mol. The Morgan fingerprint density at radius 3 is 2.69 bits per heavy atom. The van der Waals surface area contributed by atoms with Crippen LogP contribution in [0.5, 0.6) is 11.5 Å². The summed E-state index contributed by atoms with van der Waals surface area (Å²) in [6.45, 7) is 2.96. The van der Waals surface area contributed by atoms with Gasteiger partial charge in [-0.15, -0.1) is 0 Å². The van der Waals surface area contributed by atoms with E-state index >= 15 is 0 Å². The summed E-state index contributed by atoms with van der Waals surface area (Å²) in [6, 6.07) is 13.0. The zero-order chi connectivity index (χ0) is 20.8. The number of methoxy groups -OCH3 is 2. The second kappa shape index (κ2) is 9.45. The van der Waals surface area contributed by atoms with Crippen LogP contribution in [0.25, 0.3) is 0 Å². The largest absolute Gasteiger partial charge is 0.497 e. The highest BCUT2D eigenvalue weighted by molar-refractivity contribution is 5.94. The van der Waals surface area contributed by atoms with Crippen LogP contribution in [0.1, 0.15) is 46.8 Å². The first-order valence-electron chi connectivity index (χ1n) is 9.89. The minimum atomic E-state index is -0.158.